The van der Waals surface area contributed by atoms with Crippen LogP contribution in [0.5, 0.6) is 23.0 Å². The van der Waals surface area contributed by atoms with E-state index in [4.69, 9.17) is 28.4 Å². The second-order valence-electron chi connectivity index (χ2n) is 7.64. The molecule has 12 nitrogen and oxygen atoms in total. The topological polar surface area (TPSA) is 148 Å². The first-order chi connectivity index (χ1) is 17.5. The summed E-state index contributed by atoms with van der Waals surface area (Å²) >= 11 is 0. The summed E-state index contributed by atoms with van der Waals surface area (Å²) in [4.78, 5) is 48.0. The monoisotopic (exact) mass is 500 g/mol. The highest BCUT2D eigenvalue weighted by molar-refractivity contribution is 5.83. The van der Waals surface area contributed by atoms with Crippen molar-refractivity contribution in [3.63, 3.8) is 0 Å². The van der Waals surface area contributed by atoms with E-state index in [1.807, 2.05) is 0 Å². The lowest BCUT2D eigenvalue weighted by Gasteiger charge is -2.24. The minimum absolute atomic E-state index is 0.0265. The van der Waals surface area contributed by atoms with Crippen molar-refractivity contribution in [1.82, 2.24) is 10.6 Å². The van der Waals surface area contributed by atoms with Crippen molar-refractivity contribution in [1.29, 1.82) is 0 Å². The Morgan fingerprint density at radius 3 is 1.47 bits per heavy atom. The lowest BCUT2D eigenvalue weighted by molar-refractivity contribution is -0.158. The molecule has 0 bridgehead atoms. The van der Waals surface area contributed by atoms with Crippen LogP contribution in [0.1, 0.15) is 0 Å². The van der Waals surface area contributed by atoms with Crippen LogP contribution < -0.4 is 29.6 Å². The lowest BCUT2D eigenvalue weighted by atomic mass is 10.2. The second kappa shape index (κ2) is 11.8. The third kappa shape index (κ3) is 6.56. The van der Waals surface area contributed by atoms with Crippen molar-refractivity contribution in [2.45, 2.75) is 12.2 Å². The van der Waals surface area contributed by atoms with Crippen LogP contribution in [0.2, 0.25) is 0 Å². The van der Waals surface area contributed by atoms with E-state index in [9.17, 15) is 19.2 Å². The van der Waals surface area contributed by atoms with Crippen LogP contribution in [0.3, 0.4) is 0 Å². The zero-order chi connectivity index (χ0) is 25.3. The summed E-state index contributed by atoms with van der Waals surface area (Å²) in [5.74, 6) is -0.692. The van der Waals surface area contributed by atoms with Gasteiger partial charge in [-0.25, -0.2) is 9.59 Å². The predicted molar refractivity (Wildman–Crippen MR) is 121 cm³/mol. The molecule has 2 atom stereocenters. The van der Waals surface area contributed by atoms with Gasteiger partial charge in [0.2, 0.25) is 12.2 Å². The van der Waals surface area contributed by atoms with Gasteiger partial charge in [0.15, 0.2) is 36.2 Å². The Bertz CT molecular complexity index is 1030. The molecule has 2 amide bonds. The number of rotatable bonds is 9. The number of esters is 2. The van der Waals surface area contributed by atoms with Crippen LogP contribution in [-0.2, 0) is 28.7 Å². The Hall–Kier alpha value is -4.48. The number of hydrogen-bond acceptors (Lipinski definition) is 10. The molecule has 2 aliphatic rings. The number of hydrogen-bond donors (Lipinski definition) is 2. The molecule has 2 heterocycles. The zero-order valence-electron chi connectivity index (χ0n) is 19.1. The molecule has 2 N–H and O–H groups in total. The van der Waals surface area contributed by atoms with E-state index in [0.29, 0.717) is 23.0 Å². The summed E-state index contributed by atoms with van der Waals surface area (Å²) in [6, 6.07) is 13.8. The quantitative estimate of drug-likeness (QED) is 0.356. The summed E-state index contributed by atoms with van der Waals surface area (Å²) in [7, 11) is 0. The van der Waals surface area contributed by atoms with Gasteiger partial charge in [0.1, 0.15) is 13.2 Å². The molecular weight excluding hydrogens is 476 g/mol. The van der Waals surface area contributed by atoms with Gasteiger partial charge in [-0.2, -0.15) is 0 Å². The fourth-order valence-corrected chi connectivity index (χ4v) is 3.24. The first-order valence-electron chi connectivity index (χ1n) is 11.1. The van der Waals surface area contributed by atoms with Crippen LogP contribution >= 0.6 is 0 Å². The molecule has 0 aromatic heterocycles. The highest BCUT2D eigenvalue weighted by atomic mass is 16.6. The van der Waals surface area contributed by atoms with Gasteiger partial charge in [-0.15, -0.1) is 0 Å². The standard InChI is InChI=1S/C24H24N2O10/c27-21(13-33-23(29)19-11-31-15-5-1-3-7-17(15)35-19)25-9-10-26-22(28)14-34-24(30)20-12-32-16-6-2-4-8-18(16)36-20/h1-8,19-20H,9-14H2,(H,25,27)(H,26,28). The highest BCUT2D eigenvalue weighted by Gasteiger charge is 2.30. The number of amides is 2. The molecule has 0 saturated heterocycles. The Balaban J connectivity index is 1.06. The van der Waals surface area contributed by atoms with Crippen molar-refractivity contribution in [2.24, 2.45) is 0 Å². The van der Waals surface area contributed by atoms with Crippen molar-refractivity contribution < 1.29 is 47.6 Å². The minimum Gasteiger partial charge on any atom is -0.485 e. The fourth-order valence-electron chi connectivity index (χ4n) is 3.24. The molecule has 36 heavy (non-hydrogen) atoms. The molecule has 190 valence electrons. The summed E-state index contributed by atoms with van der Waals surface area (Å²) in [5.41, 5.74) is 0. The van der Waals surface area contributed by atoms with Gasteiger partial charge in [-0.3, -0.25) is 9.59 Å². The maximum absolute atomic E-state index is 12.1. The molecule has 0 spiro atoms. The van der Waals surface area contributed by atoms with Crippen LogP contribution in [0, 0.1) is 0 Å². The number of fused-ring (bicyclic) bond motifs is 2. The first-order valence-corrected chi connectivity index (χ1v) is 11.1. The van der Waals surface area contributed by atoms with Gasteiger partial charge in [-0.05, 0) is 24.3 Å². The summed E-state index contributed by atoms with van der Waals surface area (Å²) in [6.07, 6.45) is -1.95. The minimum atomic E-state index is -0.977. The van der Waals surface area contributed by atoms with Crippen LogP contribution in [0.25, 0.3) is 0 Å². The van der Waals surface area contributed by atoms with E-state index in [2.05, 4.69) is 10.6 Å². The Morgan fingerprint density at radius 2 is 1.06 bits per heavy atom. The SMILES string of the molecule is O=C(COC(=O)C1COc2ccccc2O1)NCCNC(=O)COC(=O)C1COc2ccccc2O1. The Kier molecular flexibility index (Phi) is 8.06. The number of benzene rings is 2. The van der Waals surface area contributed by atoms with Crippen molar-refractivity contribution >= 4 is 23.8 Å². The predicted octanol–water partition coefficient (Wildman–Crippen LogP) is -0.0148. The van der Waals surface area contributed by atoms with Gasteiger partial charge in [0, 0.05) is 13.1 Å². The Labute approximate surface area is 205 Å². The molecule has 0 fully saturated rings. The normalized spacial score (nSPS) is 17.3. The fraction of sp³-hybridized carbons (Fsp3) is 0.333. The number of nitrogens with one attached hydrogen (secondary N) is 2. The average Bonchev–Trinajstić information content (AvgIpc) is 2.92. The van der Waals surface area contributed by atoms with Gasteiger partial charge in [0.25, 0.3) is 11.8 Å². The average molecular weight is 500 g/mol. The third-order valence-electron chi connectivity index (χ3n) is 5.00. The van der Waals surface area contributed by atoms with Crippen LogP contribution in [-0.4, -0.2) is 75.5 Å². The van der Waals surface area contributed by atoms with Gasteiger partial charge >= 0.3 is 11.9 Å². The molecule has 4 rings (SSSR count). The van der Waals surface area contributed by atoms with Gasteiger partial charge in [0.05, 0.1) is 0 Å². The molecule has 2 aromatic rings. The maximum Gasteiger partial charge on any atom is 0.351 e. The molecule has 2 aromatic carbocycles. The maximum atomic E-state index is 12.1. The highest BCUT2D eigenvalue weighted by Crippen LogP contribution is 2.32. The lowest BCUT2D eigenvalue weighted by Crippen LogP contribution is -2.42. The number of ether oxygens (including phenoxy) is 6. The van der Waals surface area contributed by atoms with Crippen molar-refractivity contribution in [2.75, 3.05) is 39.5 Å². The van der Waals surface area contributed by atoms with E-state index >= 15 is 0 Å². The van der Waals surface area contributed by atoms with Crippen LogP contribution in [0.4, 0.5) is 0 Å². The molecule has 2 aliphatic heterocycles. The van der Waals surface area contributed by atoms with E-state index in [1.54, 1.807) is 48.5 Å². The number of para-hydroxylation sites is 4. The number of carbonyl (C=O) groups is 4. The molecule has 12 heteroatoms. The summed E-state index contributed by atoms with van der Waals surface area (Å²) in [6.45, 7) is -0.939. The molecule has 0 radical (unpaired) electrons. The summed E-state index contributed by atoms with van der Waals surface area (Å²) < 4.78 is 31.8. The largest absolute Gasteiger partial charge is 0.485 e. The smallest absolute Gasteiger partial charge is 0.351 e. The van der Waals surface area contributed by atoms with Crippen LogP contribution in [0.15, 0.2) is 48.5 Å². The molecular formula is C24H24N2O10. The van der Waals surface area contributed by atoms with E-state index < -0.39 is 49.2 Å². The second-order valence-corrected chi connectivity index (χ2v) is 7.64. The van der Waals surface area contributed by atoms with E-state index in [1.165, 1.54) is 0 Å². The zero-order valence-corrected chi connectivity index (χ0v) is 19.1. The molecule has 0 saturated carbocycles. The number of carbonyl (C=O) groups excluding carboxylic acids is 4. The van der Waals surface area contributed by atoms with E-state index in [-0.39, 0.29) is 26.3 Å². The first kappa shape index (κ1) is 24.6. The van der Waals surface area contributed by atoms with Crippen molar-refractivity contribution in [3.05, 3.63) is 48.5 Å². The van der Waals surface area contributed by atoms with Crippen molar-refractivity contribution in [3.8, 4) is 23.0 Å². The van der Waals surface area contributed by atoms with Gasteiger partial charge < -0.3 is 39.1 Å². The Morgan fingerprint density at radius 1 is 0.667 bits per heavy atom. The molecule has 0 aliphatic carbocycles. The van der Waals surface area contributed by atoms with E-state index in [0.717, 1.165) is 0 Å². The van der Waals surface area contributed by atoms with Gasteiger partial charge in [-0.1, -0.05) is 24.3 Å². The summed E-state index contributed by atoms with van der Waals surface area (Å²) in [5, 5.41) is 4.98. The third-order valence-corrected chi connectivity index (χ3v) is 5.00. The molecule has 2 unspecified atom stereocenters.